The van der Waals surface area contributed by atoms with Gasteiger partial charge in [0.2, 0.25) is 5.91 Å². The minimum Gasteiger partial charge on any atom is -0.370 e. The van der Waals surface area contributed by atoms with Crippen LogP contribution in [-0.4, -0.2) is 54.8 Å². The third-order valence-corrected chi connectivity index (χ3v) is 3.16. The SMILES string of the molecule is NC(=O)CCNCCC(F)(F)C(F)(F)C(F)(F)C(F)(F)C(F)(F)C(F)(F)F. The normalized spacial score (nSPS) is 15.1. The van der Waals surface area contributed by atoms with E-state index in [1.807, 2.05) is 5.32 Å². The largest absolute Gasteiger partial charge is 0.460 e. The van der Waals surface area contributed by atoms with Gasteiger partial charge in [-0.15, -0.1) is 0 Å². The lowest BCUT2D eigenvalue weighted by atomic mass is 9.92. The van der Waals surface area contributed by atoms with Crippen LogP contribution in [0.25, 0.3) is 0 Å². The molecule has 0 aromatic rings. The van der Waals surface area contributed by atoms with Gasteiger partial charge in [-0.25, -0.2) is 0 Å². The van der Waals surface area contributed by atoms with Gasteiger partial charge in [-0.05, 0) is 0 Å². The van der Waals surface area contributed by atoms with Crippen LogP contribution in [0.15, 0.2) is 0 Å². The van der Waals surface area contributed by atoms with Crippen molar-refractivity contribution in [2.75, 3.05) is 13.1 Å². The third kappa shape index (κ3) is 4.51. The zero-order valence-electron chi connectivity index (χ0n) is 12.7. The first-order chi connectivity index (χ1) is 11.7. The van der Waals surface area contributed by atoms with E-state index in [1.165, 1.54) is 0 Å². The molecule has 3 N–H and O–H groups in total. The summed E-state index contributed by atoms with van der Waals surface area (Å²) in [5, 5.41) is 1.81. The Bertz CT molecular complexity index is 529. The summed E-state index contributed by atoms with van der Waals surface area (Å²) in [4.78, 5) is 10.3. The summed E-state index contributed by atoms with van der Waals surface area (Å²) >= 11 is 0. The average Bonchev–Trinajstić information content (AvgIpc) is 2.44. The first-order valence-electron chi connectivity index (χ1n) is 6.61. The molecular weight excluding hydrogens is 423 g/mol. The van der Waals surface area contributed by atoms with Crippen LogP contribution in [0.1, 0.15) is 12.8 Å². The lowest BCUT2D eigenvalue weighted by Crippen LogP contribution is -2.70. The molecule has 0 radical (unpaired) electrons. The number of nitrogens with one attached hydrogen (secondary N) is 1. The molecule has 0 unspecified atom stereocenters. The molecule has 0 fully saturated rings. The van der Waals surface area contributed by atoms with Crippen molar-refractivity contribution in [3.8, 4) is 0 Å². The third-order valence-electron chi connectivity index (χ3n) is 3.16. The first kappa shape index (κ1) is 25.5. The minimum absolute atomic E-state index is 0.518. The molecule has 162 valence electrons. The van der Waals surface area contributed by atoms with E-state index in [-0.39, 0.29) is 0 Å². The van der Waals surface area contributed by atoms with Crippen LogP contribution in [-0.2, 0) is 4.79 Å². The van der Waals surface area contributed by atoms with Crippen LogP contribution in [0.2, 0.25) is 0 Å². The number of nitrogens with two attached hydrogens (primary N) is 1. The predicted octanol–water partition coefficient (Wildman–Crippen LogP) is 3.58. The van der Waals surface area contributed by atoms with E-state index in [1.54, 1.807) is 0 Å². The molecule has 0 bridgehead atoms. The molecule has 0 saturated heterocycles. The lowest BCUT2D eigenvalue weighted by Gasteiger charge is -2.39. The number of rotatable bonds is 10. The van der Waals surface area contributed by atoms with E-state index in [4.69, 9.17) is 0 Å². The summed E-state index contributed by atoms with van der Waals surface area (Å²) in [5.41, 5.74) is 4.62. The molecule has 0 aliphatic carbocycles. The summed E-state index contributed by atoms with van der Waals surface area (Å²) in [7, 11) is 0. The van der Waals surface area contributed by atoms with Crippen molar-refractivity contribution in [3.63, 3.8) is 0 Å². The molecule has 1 amide bonds. The number of carbonyl (C=O) groups excluding carboxylic acids is 1. The average molecular weight is 434 g/mol. The van der Waals surface area contributed by atoms with Gasteiger partial charge in [0, 0.05) is 25.9 Å². The molecule has 27 heavy (non-hydrogen) atoms. The Kier molecular flexibility index (Phi) is 7.09. The van der Waals surface area contributed by atoms with Crippen LogP contribution in [0.5, 0.6) is 0 Å². The summed E-state index contributed by atoms with van der Waals surface area (Å²) in [6, 6.07) is 0. The molecular formula is C11H11F13N2O. The maximum Gasteiger partial charge on any atom is 0.460 e. The van der Waals surface area contributed by atoms with Gasteiger partial charge >= 0.3 is 35.8 Å². The van der Waals surface area contributed by atoms with Gasteiger partial charge in [0.1, 0.15) is 0 Å². The molecule has 0 aromatic heterocycles. The second-order valence-electron chi connectivity index (χ2n) is 5.22. The number of hydrogen-bond acceptors (Lipinski definition) is 2. The van der Waals surface area contributed by atoms with Crippen molar-refractivity contribution in [1.29, 1.82) is 0 Å². The van der Waals surface area contributed by atoms with E-state index in [0.29, 0.717) is 0 Å². The van der Waals surface area contributed by atoms with Gasteiger partial charge in [-0.3, -0.25) is 4.79 Å². The highest BCUT2D eigenvalue weighted by Crippen LogP contribution is 2.60. The summed E-state index contributed by atoms with van der Waals surface area (Å²) in [6.45, 7) is -1.83. The Labute approximate surface area is 142 Å². The maximum atomic E-state index is 13.3. The quantitative estimate of drug-likeness (QED) is 0.408. The van der Waals surface area contributed by atoms with Gasteiger partial charge in [-0.2, -0.15) is 57.1 Å². The summed E-state index contributed by atoms with van der Waals surface area (Å²) in [6.07, 6.45) is -10.3. The maximum absolute atomic E-state index is 13.3. The van der Waals surface area contributed by atoms with Crippen molar-refractivity contribution in [3.05, 3.63) is 0 Å². The number of primary amides is 1. The van der Waals surface area contributed by atoms with Gasteiger partial charge < -0.3 is 11.1 Å². The summed E-state index contributed by atoms with van der Waals surface area (Å²) < 4.78 is 166. The van der Waals surface area contributed by atoms with Gasteiger partial charge in [0.05, 0.1) is 0 Å². The van der Waals surface area contributed by atoms with E-state index in [9.17, 15) is 61.9 Å². The molecule has 0 saturated carbocycles. The fourth-order valence-corrected chi connectivity index (χ4v) is 1.54. The van der Waals surface area contributed by atoms with E-state index in [2.05, 4.69) is 5.73 Å². The smallest absolute Gasteiger partial charge is 0.370 e. The number of halogens is 13. The Morgan fingerprint density at radius 2 is 1.07 bits per heavy atom. The molecule has 16 heteroatoms. The molecule has 0 rings (SSSR count). The fraction of sp³-hybridized carbons (Fsp3) is 0.909. The molecule has 0 atom stereocenters. The lowest BCUT2D eigenvalue weighted by molar-refractivity contribution is -0.440. The van der Waals surface area contributed by atoms with E-state index >= 15 is 0 Å². The molecule has 0 aromatic carbocycles. The van der Waals surface area contributed by atoms with Crippen molar-refractivity contribution in [2.24, 2.45) is 5.73 Å². The van der Waals surface area contributed by atoms with Crippen molar-refractivity contribution < 1.29 is 61.9 Å². The topological polar surface area (TPSA) is 55.1 Å². The monoisotopic (exact) mass is 434 g/mol. The van der Waals surface area contributed by atoms with Crippen molar-refractivity contribution in [1.82, 2.24) is 5.32 Å². The van der Waals surface area contributed by atoms with Gasteiger partial charge in [-0.1, -0.05) is 0 Å². The van der Waals surface area contributed by atoms with Crippen molar-refractivity contribution in [2.45, 2.75) is 48.6 Å². The minimum atomic E-state index is -7.90. The highest BCUT2D eigenvalue weighted by atomic mass is 19.4. The Balaban J connectivity index is 5.58. The Hall–Kier alpha value is -1.48. The van der Waals surface area contributed by atoms with E-state index in [0.717, 1.165) is 0 Å². The fourth-order valence-electron chi connectivity index (χ4n) is 1.54. The molecule has 0 aliphatic rings. The van der Waals surface area contributed by atoms with Crippen LogP contribution >= 0.6 is 0 Å². The Morgan fingerprint density at radius 1 is 0.667 bits per heavy atom. The Morgan fingerprint density at radius 3 is 1.44 bits per heavy atom. The summed E-state index contributed by atoms with van der Waals surface area (Å²) in [5.74, 6) is -37.8. The van der Waals surface area contributed by atoms with Gasteiger partial charge in [0.25, 0.3) is 0 Å². The molecule has 0 aliphatic heterocycles. The second kappa shape index (κ2) is 7.50. The first-order valence-corrected chi connectivity index (χ1v) is 6.61. The molecule has 0 heterocycles. The van der Waals surface area contributed by atoms with Gasteiger partial charge in [0.15, 0.2) is 0 Å². The van der Waals surface area contributed by atoms with Crippen LogP contribution in [0.3, 0.4) is 0 Å². The second-order valence-corrected chi connectivity index (χ2v) is 5.22. The van der Waals surface area contributed by atoms with Crippen molar-refractivity contribution >= 4 is 5.91 Å². The van der Waals surface area contributed by atoms with Crippen LogP contribution in [0.4, 0.5) is 57.1 Å². The number of hydrogen-bond donors (Lipinski definition) is 2. The highest BCUT2D eigenvalue weighted by Gasteiger charge is 2.90. The van der Waals surface area contributed by atoms with E-state index < -0.39 is 67.6 Å². The molecule has 0 spiro atoms. The highest BCUT2D eigenvalue weighted by molar-refractivity contribution is 5.73. The zero-order chi connectivity index (χ0) is 22.1. The van der Waals surface area contributed by atoms with Crippen LogP contribution in [0, 0.1) is 0 Å². The molecule has 3 nitrogen and oxygen atoms in total. The standard InChI is InChI=1S/C11H11F13N2O/c12-6(13,2-4-26-3-1-5(25)27)7(14,15)8(16,17)9(18,19)10(20,21)11(22,23)24/h26H,1-4H2,(H2,25,27). The number of alkyl halides is 13. The number of amides is 1. The van der Waals surface area contributed by atoms with Crippen LogP contribution < -0.4 is 11.1 Å². The predicted molar refractivity (Wildman–Crippen MR) is 62.1 cm³/mol. The zero-order valence-corrected chi connectivity index (χ0v) is 12.7. The number of carbonyl (C=O) groups is 1.